The summed E-state index contributed by atoms with van der Waals surface area (Å²) >= 11 is 5.99. The second kappa shape index (κ2) is 11.2. The Bertz CT molecular complexity index is 887. The number of benzene rings is 1. The van der Waals surface area contributed by atoms with E-state index in [2.05, 4.69) is 5.32 Å². The highest BCUT2D eigenvalue weighted by atomic mass is 35.5. The van der Waals surface area contributed by atoms with Gasteiger partial charge in [-0.05, 0) is 18.2 Å². The van der Waals surface area contributed by atoms with Crippen LogP contribution in [0.2, 0.25) is 5.02 Å². The zero-order valence-electron chi connectivity index (χ0n) is 16.2. The van der Waals surface area contributed by atoms with Crippen LogP contribution in [-0.2, 0) is 29.0 Å². The molecule has 1 heterocycles. The number of nitrogens with one attached hydrogen (secondary N) is 2. The summed E-state index contributed by atoms with van der Waals surface area (Å²) in [5.74, 6) is -1.87. The molecule has 30 heavy (non-hydrogen) atoms. The van der Waals surface area contributed by atoms with Crippen molar-refractivity contribution >= 4 is 39.5 Å². The van der Waals surface area contributed by atoms with E-state index in [-0.39, 0.29) is 54.9 Å². The summed E-state index contributed by atoms with van der Waals surface area (Å²) in [5.41, 5.74) is -0.219. The van der Waals surface area contributed by atoms with Crippen molar-refractivity contribution in [2.45, 2.75) is 4.90 Å². The van der Waals surface area contributed by atoms with Gasteiger partial charge in [-0.25, -0.2) is 18.0 Å². The van der Waals surface area contributed by atoms with E-state index in [1.54, 1.807) is 0 Å². The molecule has 1 aliphatic heterocycles. The molecule has 2 N–H and O–H groups in total. The molecular formula is C17H22ClN3O8S. The lowest BCUT2D eigenvalue weighted by molar-refractivity contribution is -0.123. The highest BCUT2D eigenvalue weighted by Gasteiger charge is 2.28. The molecule has 2 rings (SSSR count). The lowest BCUT2D eigenvalue weighted by Crippen LogP contribution is -2.42. The van der Waals surface area contributed by atoms with Gasteiger partial charge in [0.15, 0.2) is 6.61 Å². The topological polar surface area (TPSA) is 140 Å². The molecule has 0 radical (unpaired) electrons. The summed E-state index contributed by atoms with van der Waals surface area (Å²) in [6, 6.07) is 2.85. The summed E-state index contributed by atoms with van der Waals surface area (Å²) in [5, 5.41) is 4.29. The van der Waals surface area contributed by atoms with Gasteiger partial charge >= 0.3 is 12.0 Å². The van der Waals surface area contributed by atoms with Gasteiger partial charge < -0.3 is 19.5 Å². The van der Waals surface area contributed by atoms with Gasteiger partial charge in [0.1, 0.15) is 0 Å². The number of morpholine rings is 1. The number of amides is 3. The number of halogens is 1. The van der Waals surface area contributed by atoms with Crippen LogP contribution < -0.4 is 10.6 Å². The van der Waals surface area contributed by atoms with Gasteiger partial charge in [0.2, 0.25) is 10.0 Å². The molecule has 13 heteroatoms. The van der Waals surface area contributed by atoms with E-state index >= 15 is 0 Å². The van der Waals surface area contributed by atoms with Crippen LogP contribution in [0, 0.1) is 0 Å². The minimum atomic E-state index is -3.85. The second-order valence-electron chi connectivity index (χ2n) is 6.03. The number of esters is 1. The lowest BCUT2D eigenvalue weighted by atomic mass is 10.2. The highest BCUT2D eigenvalue weighted by Crippen LogP contribution is 2.24. The lowest BCUT2D eigenvalue weighted by Gasteiger charge is -2.26. The van der Waals surface area contributed by atoms with E-state index in [4.69, 9.17) is 25.8 Å². The number of sulfonamides is 1. The molecule has 0 bridgehead atoms. The molecule has 0 unspecified atom stereocenters. The highest BCUT2D eigenvalue weighted by molar-refractivity contribution is 7.89. The Morgan fingerprint density at radius 3 is 2.60 bits per heavy atom. The van der Waals surface area contributed by atoms with Gasteiger partial charge in [0, 0.05) is 26.7 Å². The first-order valence-electron chi connectivity index (χ1n) is 8.87. The van der Waals surface area contributed by atoms with Crippen LogP contribution in [0.3, 0.4) is 0 Å². The summed E-state index contributed by atoms with van der Waals surface area (Å²) in [6.07, 6.45) is 0. The standard InChI is InChI=1S/C17H22ClN3O8S/c1-27-7-4-19-17(24)20-15(22)11-29-16(23)13-10-12(2-3-14(13)18)30(25,26)21-5-8-28-9-6-21/h2-3,10H,4-9,11H2,1H3,(H2,19,20,22,24). The average Bonchev–Trinajstić information content (AvgIpc) is 2.73. The Hall–Kier alpha value is -2.25. The summed E-state index contributed by atoms with van der Waals surface area (Å²) in [6.45, 7) is 0.627. The zero-order chi connectivity index (χ0) is 22.1. The maximum Gasteiger partial charge on any atom is 0.340 e. The van der Waals surface area contributed by atoms with Gasteiger partial charge in [0.25, 0.3) is 5.91 Å². The van der Waals surface area contributed by atoms with Crippen molar-refractivity contribution in [3.05, 3.63) is 28.8 Å². The number of hydrogen-bond acceptors (Lipinski definition) is 8. The number of rotatable bonds is 8. The fraction of sp³-hybridized carbons (Fsp3) is 0.471. The Kier molecular flexibility index (Phi) is 8.99. The number of imide groups is 1. The third kappa shape index (κ3) is 6.64. The first-order chi connectivity index (χ1) is 14.3. The zero-order valence-corrected chi connectivity index (χ0v) is 17.8. The van der Waals surface area contributed by atoms with Crippen LogP contribution in [0.25, 0.3) is 0 Å². The summed E-state index contributed by atoms with van der Waals surface area (Å²) < 4.78 is 41.4. The van der Waals surface area contributed by atoms with Crippen molar-refractivity contribution in [1.29, 1.82) is 0 Å². The first-order valence-corrected chi connectivity index (χ1v) is 10.7. The van der Waals surface area contributed by atoms with Crippen molar-refractivity contribution in [3.63, 3.8) is 0 Å². The molecule has 1 aliphatic rings. The largest absolute Gasteiger partial charge is 0.452 e. The van der Waals surface area contributed by atoms with Gasteiger partial charge in [-0.15, -0.1) is 0 Å². The Morgan fingerprint density at radius 2 is 1.93 bits per heavy atom. The number of hydrogen-bond donors (Lipinski definition) is 2. The Balaban J connectivity index is 1.99. The predicted octanol–water partition coefficient (Wildman–Crippen LogP) is -0.0101. The number of nitrogens with zero attached hydrogens (tertiary/aromatic N) is 1. The Morgan fingerprint density at radius 1 is 1.23 bits per heavy atom. The van der Waals surface area contributed by atoms with E-state index in [1.165, 1.54) is 23.5 Å². The van der Waals surface area contributed by atoms with Gasteiger partial charge in [-0.2, -0.15) is 4.31 Å². The summed E-state index contributed by atoms with van der Waals surface area (Å²) in [4.78, 5) is 35.3. The minimum absolute atomic E-state index is 0.0429. The number of carbonyl (C=O) groups excluding carboxylic acids is 3. The molecule has 0 saturated carbocycles. The number of ether oxygens (including phenoxy) is 3. The van der Waals surface area contributed by atoms with Crippen molar-refractivity contribution in [2.75, 3.05) is 53.2 Å². The van der Waals surface area contributed by atoms with Crippen molar-refractivity contribution in [2.24, 2.45) is 0 Å². The fourth-order valence-corrected chi connectivity index (χ4v) is 4.07. The van der Waals surface area contributed by atoms with E-state index in [1.807, 2.05) is 5.32 Å². The number of carbonyl (C=O) groups is 3. The van der Waals surface area contributed by atoms with Crippen molar-refractivity contribution in [3.8, 4) is 0 Å². The SMILES string of the molecule is COCCNC(=O)NC(=O)COC(=O)c1cc(S(=O)(=O)N2CCOCC2)ccc1Cl. The molecule has 1 aromatic carbocycles. The van der Waals surface area contributed by atoms with Crippen LogP contribution in [0.1, 0.15) is 10.4 Å². The number of urea groups is 1. The fourth-order valence-electron chi connectivity index (χ4n) is 2.44. The smallest absolute Gasteiger partial charge is 0.340 e. The minimum Gasteiger partial charge on any atom is -0.452 e. The van der Waals surface area contributed by atoms with E-state index < -0.39 is 34.5 Å². The van der Waals surface area contributed by atoms with Crippen LogP contribution >= 0.6 is 11.6 Å². The molecular weight excluding hydrogens is 442 g/mol. The van der Waals surface area contributed by atoms with E-state index in [0.717, 1.165) is 6.07 Å². The molecule has 0 atom stereocenters. The van der Waals surface area contributed by atoms with Crippen LogP contribution in [0.15, 0.2) is 23.1 Å². The van der Waals surface area contributed by atoms with Crippen LogP contribution in [0.5, 0.6) is 0 Å². The van der Waals surface area contributed by atoms with Gasteiger partial charge in [-0.1, -0.05) is 11.6 Å². The van der Waals surface area contributed by atoms with Gasteiger partial charge in [0.05, 0.1) is 35.3 Å². The molecule has 11 nitrogen and oxygen atoms in total. The van der Waals surface area contributed by atoms with Crippen LogP contribution in [0.4, 0.5) is 4.79 Å². The molecule has 3 amide bonds. The molecule has 0 spiro atoms. The molecule has 1 aromatic rings. The third-order valence-corrected chi connectivity index (χ3v) is 6.17. The van der Waals surface area contributed by atoms with E-state index in [9.17, 15) is 22.8 Å². The monoisotopic (exact) mass is 463 g/mol. The number of methoxy groups -OCH3 is 1. The quantitative estimate of drug-likeness (QED) is 0.405. The maximum absolute atomic E-state index is 12.7. The summed E-state index contributed by atoms with van der Waals surface area (Å²) in [7, 11) is -2.39. The van der Waals surface area contributed by atoms with E-state index in [0.29, 0.717) is 0 Å². The predicted molar refractivity (Wildman–Crippen MR) is 105 cm³/mol. The van der Waals surface area contributed by atoms with Crippen molar-refractivity contribution in [1.82, 2.24) is 14.9 Å². The maximum atomic E-state index is 12.7. The van der Waals surface area contributed by atoms with Crippen molar-refractivity contribution < 1.29 is 37.0 Å². The molecule has 1 fully saturated rings. The second-order valence-corrected chi connectivity index (χ2v) is 8.38. The average molecular weight is 464 g/mol. The third-order valence-electron chi connectivity index (χ3n) is 3.94. The Labute approximate surface area is 178 Å². The first kappa shape index (κ1) is 24.0. The normalized spacial score (nSPS) is 14.7. The molecule has 0 aliphatic carbocycles. The molecule has 1 saturated heterocycles. The molecule has 166 valence electrons. The van der Waals surface area contributed by atoms with Gasteiger partial charge in [-0.3, -0.25) is 10.1 Å². The van der Waals surface area contributed by atoms with Crippen LogP contribution in [-0.4, -0.2) is 83.8 Å². The molecule has 0 aromatic heterocycles.